The molecule has 0 radical (unpaired) electrons. The highest BCUT2D eigenvalue weighted by Gasteiger charge is 2.25. The van der Waals surface area contributed by atoms with Gasteiger partial charge in [-0.15, -0.1) is 0 Å². The third kappa shape index (κ3) is 73.7. The Balaban J connectivity index is -0.000000319. The van der Waals surface area contributed by atoms with Crippen molar-refractivity contribution < 1.29 is 81.0 Å². The highest BCUT2D eigenvalue weighted by atomic mass is 32.2. The Morgan fingerprint density at radius 2 is 0.778 bits per heavy atom. The molecule has 0 aromatic heterocycles. The van der Waals surface area contributed by atoms with Crippen molar-refractivity contribution in [1.82, 2.24) is 16.0 Å². The summed E-state index contributed by atoms with van der Waals surface area (Å²) < 4.78 is 43.9. The fraction of sp³-hybridized carbons (Fsp3) is 0.769. The number of hydrogen-bond acceptors (Lipinski definition) is 22. The van der Waals surface area contributed by atoms with Gasteiger partial charge in [0.1, 0.15) is 33.6 Å². The summed E-state index contributed by atoms with van der Waals surface area (Å²) in [5.74, 6) is -0.275. The predicted molar refractivity (Wildman–Crippen MR) is 317 cm³/mol. The monoisotopic (exact) mass is 1200 g/mol. The van der Waals surface area contributed by atoms with E-state index in [0.717, 1.165) is 37.4 Å². The minimum Gasteiger partial charge on any atom is -0.466 e. The van der Waals surface area contributed by atoms with Crippen molar-refractivity contribution in [3.8, 4) is 0 Å². The molecule has 0 aromatic carbocycles. The molecule has 0 atom stereocenters. The Labute approximate surface area is 489 Å². The van der Waals surface area contributed by atoms with Crippen LogP contribution in [0.25, 0.3) is 0 Å². The Kier molecular flexibility index (Phi) is 44.8. The van der Waals surface area contributed by atoms with Crippen molar-refractivity contribution in [2.24, 2.45) is 32.2 Å². The summed E-state index contributed by atoms with van der Waals surface area (Å²) in [5.41, 5.74) is 11.1. The molecule has 0 saturated heterocycles. The minimum absolute atomic E-state index is 0.0473. The second-order valence-corrected chi connectivity index (χ2v) is 24.0. The van der Waals surface area contributed by atoms with Crippen molar-refractivity contribution in [3.63, 3.8) is 0 Å². The van der Waals surface area contributed by atoms with E-state index >= 15 is 0 Å². The van der Waals surface area contributed by atoms with Gasteiger partial charge in [0.2, 0.25) is 5.96 Å². The number of guanidine groups is 2. The number of amides is 4. The molecule has 0 bridgehead atoms. The first-order valence-corrected chi connectivity index (χ1v) is 28.4. The zero-order chi connectivity index (χ0) is 64.4. The lowest BCUT2D eigenvalue weighted by atomic mass is 10.2. The molecule has 0 unspecified atom stereocenters. The van der Waals surface area contributed by atoms with Crippen LogP contribution in [0.1, 0.15) is 190 Å². The number of unbranched alkanes of at least 4 members (excludes halogenated alkanes) is 4. The zero-order valence-corrected chi connectivity index (χ0v) is 53.9. The molecule has 10 N–H and O–H groups in total. The number of aliphatic imine (C=N–C) groups is 3. The fourth-order valence-corrected chi connectivity index (χ4v) is 4.74. The maximum atomic E-state index is 11.9. The zero-order valence-electron chi connectivity index (χ0n) is 52.3. The topological polar surface area (TPSA) is 395 Å². The van der Waals surface area contributed by atoms with E-state index in [1.807, 2.05) is 0 Å². The molecule has 0 aliphatic carbocycles. The second-order valence-electron chi connectivity index (χ2n) is 22.3. The first-order valence-electron chi connectivity index (χ1n) is 26.0. The fourth-order valence-electron chi connectivity index (χ4n) is 4.38. The Bertz CT molecular complexity index is 1940. The summed E-state index contributed by atoms with van der Waals surface area (Å²) in [5, 5.41) is 14.0. The van der Waals surface area contributed by atoms with Crippen LogP contribution in [0, 0.1) is 5.41 Å². The number of nitrogens with two attached hydrogens (primary N) is 3. The maximum absolute atomic E-state index is 11.9. The molecule has 27 nitrogen and oxygen atoms in total. The number of nitrogens with zero attached hydrogens (tertiary/aromatic N) is 3. The number of rotatable bonds is 14. The number of ether oxygens (including phenoxy) is 9. The van der Waals surface area contributed by atoms with Gasteiger partial charge in [0.25, 0.3) is 0 Å². The van der Waals surface area contributed by atoms with E-state index < -0.39 is 70.3 Å². The molecule has 0 aliphatic rings. The number of carbonyl (C=O) groups is 8. The van der Waals surface area contributed by atoms with Gasteiger partial charge in [0, 0.05) is 25.9 Å². The summed E-state index contributed by atoms with van der Waals surface area (Å²) in [6.07, 6.45) is 4.08. The summed E-state index contributed by atoms with van der Waals surface area (Å²) in [4.78, 5) is 103. The van der Waals surface area contributed by atoms with E-state index in [9.17, 15) is 38.4 Å². The summed E-state index contributed by atoms with van der Waals surface area (Å²) in [6, 6.07) is 0. The Morgan fingerprint density at radius 1 is 0.457 bits per heavy atom. The predicted octanol–water partition coefficient (Wildman–Crippen LogP) is 10.2. The van der Waals surface area contributed by atoms with Crippen LogP contribution in [-0.4, -0.2) is 143 Å². The molecular formula is C52H100N10O17S2. The molecule has 0 saturated carbocycles. The van der Waals surface area contributed by atoms with Crippen LogP contribution in [0.3, 0.4) is 0 Å². The van der Waals surface area contributed by atoms with Crippen LogP contribution in [0.5, 0.6) is 0 Å². The number of hydrogen-bond donors (Lipinski definition) is 7. The number of amidine groups is 2. The molecule has 0 heterocycles. The highest BCUT2D eigenvalue weighted by molar-refractivity contribution is 8.13. The second kappa shape index (κ2) is 43.5. The normalized spacial score (nSPS) is 11.2. The maximum Gasteiger partial charge on any atom is 0.519 e. The molecule has 4 amide bonds. The number of alkyl carbamates (subject to hydrolysis) is 3. The molecule has 0 fully saturated rings. The first kappa shape index (κ1) is 83.6. The lowest BCUT2D eigenvalue weighted by Crippen LogP contribution is -2.47. The molecule has 29 heteroatoms. The first-order chi connectivity index (χ1) is 36.7. The Morgan fingerprint density at radius 3 is 1.06 bits per heavy atom. The molecule has 0 aromatic rings. The highest BCUT2D eigenvalue weighted by Crippen LogP contribution is 2.14. The van der Waals surface area contributed by atoms with Crippen LogP contribution in [-0.2, 0) is 52.2 Å². The average molecular weight is 1200 g/mol. The smallest absolute Gasteiger partial charge is 0.466 e. The number of carbonyl (C=O) groups excluding carboxylic acids is 8. The van der Waals surface area contributed by atoms with E-state index in [0.29, 0.717) is 52.0 Å². The van der Waals surface area contributed by atoms with Crippen molar-refractivity contribution in [2.75, 3.05) is 38.8 Å². The van der Waals surface area contributed by atoms with E-state index in [4.69, 9.17) is 60.5 Å². The average Bonchev–Trinajstić information content (AvgIpc) is 3.22. The van der Waals surface area contributed by atoms with E-state index in [-0.39, 0.29) is 34.2 Å². The lowest BCUT2D eigenvalue weighted by Gasteiger charge is -2.22. The van der Waals surface area contributed by atoms with Gasteiger partial charge in [-0.25, -0.2) is 28.8 Å². The van der Waals surface area contributed by atoms with Crippen molar-refractivity contribution in [3.05, 3.63) is 0 Å². The van der Waals surface area contributed by atoms with Crippen LogP contribution in [0.4, 0.5) is 28.8 Å². The molecular weight excluding hydrogens is 1100 g/mol. The van der Waals surface area contributed by atoms with E-state index in [1.165, 1.54) is 11.8 Å². The van der Waals surface area contributed by atoms with Gasteiger partial charge >= 0.3 is 48.6 Å². The summed E-state index contributed by atoms with van der Waals surface area (Å²) in [6.45, 7) is 36.2. The van der Waals surface area contributed by atoms with Crippen LogP contribution in [0.15, 0.2) is 15.0 Å². The standard InChI is InChI=1S/C19H35N3O6.C12H22N2O4S.C10H18O5.C9H19N3O2.C2H6N2S/c1-8-26-14(23)12-10-9-11-13-20-15(21-16(24)27-18(2,3)4)22-17(25)28-19(5,6)7;1-11(2,3)17-9(15)13-8(19-7)14-10(16)18-12(4,5)6;1-9(2,3)14-7(11)13-8(12)15-10(4,5)6;1-2-14-8(13)6-4-3-5-7-12-9(10)11;1-5-2(3)4/h8-13H2,1-7H3,(H2,20,21,22,24,25);1-7H3,(H,13,14,15,16);1-6H3;2-7H2,1H3,(H4,10,11,12);1H3,(H3,3,4). The molecule has 0 rings (SSSR count). The minimum atomic E-state index is -1.06. The molecule has 81 heavy (non-hydrogen) atoms. The van der Waals surface area contributed by atoms with Gasteiger partial charge in [0.05, 0.1) is 13.2 Å². The van der Waals surface area contributed by atoms with Crippen molar-refractivity contribution in [2.45, 2.75) is 223 Å². The Hall–Kier alpha value is -6.26. The SMILES string of the molecule is CC(C)(C)OC(=O)OC(=O)OC(C)(C)C.CCOC(=O)CCCCCN=C(N)N.CCOC(=O)CCCCCN=C(NC(=O)OC(C)(C)C)NC(=O)OC(C)(C)C.CSC(=N)N.CSC(=NC(=O)OC(C)(C)C)NC(=O)OC(C)(C)C. The number of thioether (sulfide) groups is 2. The third-order valence-electron chi connectivity index (χ3n) is 7.04. The molecule has 0 aliphatic heterocycles. The van der Waals surface area contributed by atoms with Crippen LogP contribution < -0.4 is 33.2 Å². The number of esters is 2. The van der Waals surface area contributed by atoms with E-state index in [1.54, 1.807) is 151 Å². The molecule has 472 valence electrons. The van der Waals surface area contributed by atoms with Gasteiger partial charge < -0.3 is 59.8 Å². The van der Waals surface area contributed by atoms with Crippen molar-refractivity contribution >= 4 is 94.4 Å². The van der Waals surface area contributed by atoms with Crippen LogP contribution in [0.2, 0.25) is 0 Å². The number of nitrogens with one attached hydrogen (secondary N) is 4. The summed E-state index contributed by atoms with van der Waals surface area (Å²) >= 11 is 2.36. The molecule has 0 spiro atoms. The quantitative estimate of drug-likeness (QED) is 0.0212. The summed E-state index contributed by atoms with van der Waals surface area (Å²) in [7, 11) is 0. The van der Waals surface area contributed by atoms with Gasteiger partial charge in [-0.3, -0.25) is 40.9 Å². The lowest BCUT2D eigenvalue weighted by molar-refractivity contribution is -0.144. The largest absolute Gasteiger partial charge is 0.519 e. The van der Waals surface area contributed by atoms with Gasteiger partial charge in [-0.2, -0.15) is 4.99 Å². The van der Waals surface area contributed by atoms with Gasteiger partial charge in [0.15, 0.2) is 16.3 Å². The van der Waals surface area contributed by atoms with E-state index in [2.05, 4.69) is 35.7 Å². The van der Waals surface area contributed by atoms with Crippen molar-refractivity contribution in [1.29, 1.82) is 5.41 Å². The van der Waals surface area contributed by atoms with Crippen LogP contribution >= 0.6 is 23.5 Å². The van der Waals surface area contributed by atoms with Gasteiger partial charge in [-0.1, -0.05) is 36.4 Å². The van der Waals surface area contributed by atoms with Gasteiger partial charge in [-0.05, 0) is 177 Å². The third-order valence-corrected chi connectivity index (χ3v) is 8.06.